The number of cyclic esters (lactones) is 1. The molecule has 0 aromatic heterocycles. The number of carbonyl (C=O) groups is 1. The lowest BCUT2D eigenvalue weighted by atomic mass is 10.1. The summed E-state index contributed by atoms with van der Waals surface area (Å²) in [6.45, 7) is 1.94. The number of rotatable bonds is 6. The first-order chi connectivity index (χ1) is 13.0. The number of carbonyl (C=O) groups excluding carboxylic acids is 1. The molecule has 1 aliphatic heterocycles. The molecule has 0 bridgehead atoms. The number of hydrogen-bond acceptors (Lipinski definition) is 6. The van der Waals surface area contributed by atoms with Crippen LogP contribution in [0.5, 0.6) is 17.2 Å². The van der Waals surface area contributed by atoms with Crippen molar-refractivity contribution in [2.45, 2.75) is 13.3 Å². The first kappa shape index (κ1) is 18.5. The summed E-state index contributed by atoms with van der Waals surface area (Å²) in [6, 6.07) is 11.2. The van der Waals surface area contributed by atoms with Crippen molar-refractivity contribution in [2.24, 2.45) is 4.99 Å². The van der Waals surface area contributed by atoms with E-state index in [1.807, 2.05) is 43.3 Å². The van der Waals surface area contributed by atoms with E-state index in [0.717, 1.165) is 22.4 Å². The zero-order chi connectivity index (χ0) is 19.4. The van der Waals surface area contributed by atoms with Crippen LogP contribution in [0.15, 0.2) is 47.1 Å². The summed E-state index contributed by atoms with van der Waals surface area (Å²) < 4.78 is 21.1. The van der Waals surface area contributed by atoms with Gasteiger partial charge >= 0.3 is 5.97 Å². The summed E-state index contributed by atoms with van der Waals surface area (Å²) in [5.74, 6) is 1.94. The van der Waals surface area contributed by atoms with Gasteiger partial charge in [0.2, 0.25) is 5.90 Å². The maximum absolute atomic E-state index is 12.1. The molecule has 6 nitrogen and oxygen atoms in total. The van der Waals surface area contributed by atoms with Crippen LogP contribution in [-0.4, -0.2) is 33.2 Å². The fraction of sp³-hybridized carbons (Fsp3) is 0.238. The molecule has 0 N–H and O–H groups in total. The van der Waals surface area contributed by atoms with Gasteiger partial charge in [0.1, 0.15) is 5.75 Å². The summed E-state index contributed by atoms with van der Waals surface area (Å²) in [6.07, 6.45) is 2.08. The Morgan fingerprint density at radius 2 is 1.67 bits per heavy atom. The van der Waals surface area contributed by atoms with Crippen LogP contribution in [0.25, 0.3) is 6.08 Å². The molecule has 0 aliphatic carbocycles. The number of benzene rings is 2. The number of methoxy groups -OCH3 is 3. The number of hydrogen-bond donors (Lipinski definition) is 0. The molecule has 0 spiro atoms. The molecule has 2 aromatic carbocycles. The smallest absolute Gasteiger partial charge is 0.363 e. The van der Waals surface area contributed by atoms with Gasteiger partial charge in [0.25, 0.3) is 0 Å². The van der Waals surface area contributed by atoms with Crippen molar-refractivity contribution in [3.05, 3.63) is 58.8 Å². The molecule has 1 aliphatic rings. The highest BCUT2D eigenvalue weighted by molar-refractivity contribution is 6.07. The second-order valence-corrected chi connectivity index (χ2v) is 6.02. The molecule has 6 heteroatoms. The molecule has 1 heterocycles. The van der Waals surface area contributed by atoms with Crippen molar-refractivity contribution in [1.29, 1.82) is 0 Å². The van der Waals surface area contributed by atoms with Crippen LogP contribution in [-0.2, 0) is 16.0 Å². The Kier molecular flexibility index (Phi) is 5.45. The van der Waals surface area contributed by atoms with Crippen LogP contribution in [0.2, 0.25) is 0 Å². The molecule has 0 atom stereocenters. The predicted molar refractivity (Wildman–Crippen MR) is 102 cm³/mol. The van der Waals surface area contributed by atoms with Crippen molar-refractivity contribution in [3.63, 3.8) is 0 Å². The molecular formula is C21H21NO5. The van der Waals surface area contributed by atoms with Gasteiger partial charge in [-0.1, -0.05) is 12.1 Å². The maximum Gasteiger partial charge on any atom is 0.363 e. The van der Waals surface area contributed by atoms with Crippen LogP contribution in [0, 0.1) is 6.92 Å². The van der Waals surface area contributed by atoms with Gasteiger partial charge in [0, 0.05) is 6.42 Å². The van der Waals surface area contributed by atoms with Gasteiger partial charge in [0.05, 0.1) is 21.3 Å². The van der Waals surface area contributed by atoms with Gasteiger partial charge in [-0.15, -0.1) is 0 Å². The van der Waals surface area contributed by atoms with Crippen molar-refractivity contribution in [2.75, 3.05) is 21.3 Å². The largest absolute Gasteiger partial charge is 0.496 e. The summed E-state index contributed by atoms with van der Waals surface area (Å²) >= 11 is 0. The minimum absolute atomic E-state index is 0.273. The van der Waals surface area contributed by atoms with E-state index in [-0.39, 0.29) is 5.70 Å². The zero-order valence-corrected chi connectivity index (χ0v) is 15.7. The Hall–Kier alpha value is -3.28. The fourth-order valence-electron chi connectivity index (χ4n) is 2.84. The van der Waals surface area contributed by atoms with E-state index >= 15 is 0 Å². The highest BCUT2D eigenvalue weighted by Gasteiger charge is 2.23. The Labute approximate surface area is 158 Å². The Morgan fingerprint density at radius 1 is 0.963 bits per heavy atom. The Bertz CT molecular complexity index is 930. The van der Waals surface area contributed by atoms with Crippen LogP contribution in [0.4, 0.5) is 0 Å². The predicted octanol–water partition coefficient (Wildman–Crippen LogP) is 3.56. The van der Waals surface area contributed by atoms with Gasteiger partial charge in [-0.3, -0.25) is 0 Å². The molecule has 3 rings (SSSR count). The van der Waals surface area contributed by atoms with E-state index in [4.69, 9.17) is 18.9 Å². The maximum atomic E-state index is 12.1. The van der Waals surface area contributed by atoms with Crippen molar-refractivity contribution in [1.82, 2.24) is 0 Å². The van der Waals surface area contributed by atoms with E-state index in [2.05, 4.69) is 4.99 Å². The number of ether oxygens (including phenoxy) is 4. The summed E-state index contributed by atoms with van der Waals surface area (Å²) in [7, 11) is 4.78. The topological polar surface area (TPSA) is 66.3 Å². The van der Waals surface area contributed by atoms with E-state index in [9.17, 15) is 4.79 Å². The third-order valence-electron chi connectivity index (χ3n) is 4.19. The van der Waals surface area contributed by atoms with Crippen molar-refractivity contribution < 1.29 is 23.7 Å². The van der Waals surface area contributed by atoms with Crippen LogP contribution in [0.3, 0.4) is 0 Å². The Morgan fingerprint density at radius 3 is 2.33 bits per heavy atom. The van der Waals surface area contributed by atoms with Crippen molar-refractivity contribution in [3.8, 4) is 17.2 Å². The SMILES string of the molecule is COc1ccc(/C=C2/N=C(Cc3ccc(OC)c(OC)c3)OC2=O)cc1C. The first-order valence-corrected chi connectivity index (χ1v) is 8.41. The number of nitrogens with zero attached hydrogens (tertiary/aromatic N) is 1. The third kappa shape index (κ3) is 4.11. The van der Waals surface area contributed by atoms with E-state index in [0.29, 0.717) is 23.8 Å². The molecule has 140 valence electrons. The van der Waals surface area contributed by atoms with Gasteiger partial charge in [-0.2, -0.15) is 0 Å². The molecule has 2 aromatic rings. The van der Waals surface area contributed by atoms with Gasteiger partial charge < -0.3 is 18.9 Å². The highest BCUT2D eigenvalue weighted by atomic mass is 16.6. The normalized spacial score (nSPS) is 14.7. The molecule has 27 heavy (non-hydrogen) atoms. The minimum atomic E-state index is -0.459. The highest BCUT2D eigenvalue weighted by Crippen LogP contribution is 2.28. The molecule has 0 saturated carbocycles. The fourth-order valence-corrected chi connectivity index (χ4v) is 2.84. The van der Waals surface area contributed by atoms with Crippen LogP contribution in [0.1, 0.15) is 16.7 Å². The van der Waals surface area contributed by atoms with E-state index in [1.54, 1.807) is 27.4 Å². The van der Waals surface area contributed by atoms with Gasteiger partial charge in [-0.05, 0) is 54.0 Å². The lowest BCUT2D eigenvalue weighted by Gasteiger charge is -2.09. The molecule has 0 fully saturated rings. The molecular weight excluding hydrogens is 346 g/mol. The second-order valence-electron chi connectivity index (χ2n) is 6.02. The molecule has 0 amide bonds. The average Bonchev–Trinajstić information content (AvgIpc) is 3.00. The first-order valence-electron chi connectivity index (χ1n) is 8.41. The zero-order valence-electron chi connectivity index (χ0n) is 15.7. The lowest BCUT2D eigenvalue weighted by molar-refractivity contribution is -0.130. The third-order valence-corrected chi connectivity index (χ3v) is 4.19. The molecule has 0 unspecified atom stereocenters. The average molecular weight is 367 g/mol. The summed E-state index contributed by atoms with van der Waals surface area (Å²) in [4.78, 5) is 16.5. The van der Waals surface area contributed by atoms with Gasteiger partial charge in [0.15, 0.2) is 17.2 Å². The number of aryl methyl sites for hydroxylation is 1. The monoisotopic (exact) mass is 367 g/mol. The quantitative estimate of drug-likeness (QED) is 0.577. The second kappa shape index (κ2) is 7.95. The number of aliphatic imine (C=N–C) groups is 1. The molecule has 0 saturated heterocycles. The Balaban J connectivity index is 1.81. The summed E-state index contributed by atoms with van der Waals surface area (Å²) in [5.41, 5.74) is 3.01. The lowest BCUT2D eigenvalue weighted by Crippen LogP contribution is -2.07. The van der Waals surface area contributed by atoms with E-state index in [1.165, 1.54) is 0 Å². The van der Waals surface area contributed by atoms with Crippen LogP contribution < -0.4 is 14.2 Å². The van der Waals surface area contributed by atoms with E-state index < -0.39 is 5.97 Å². The standard InChI is InChI=1S/C21H21NO5/c1-13-9-14(5-7-17(13)24-2)10-16-21(23)27-20(22-16)12-15-6-8-18(25-3)19(11-15)26-4/h5-11H,12H2,1-4H3/b16-10+. The minimum Gasteiger partial charge on any atom is -0.496 e. The van der Waals surface area contributed by atoms with Crippen molar-refractivity contribution >= 4 is 17.9 Å². The number of esters is 1. The molecule has 0 radical (unpaired) electrons. The van der Waals surface area contributed by atoms with Gasteiger partial charge in [-0.25, -0.2) is 9.79 Å². The van der Waals surface area contributed by atoms with Crippen LogP contribution >= 0.6 is 0 Å². The summed E-state index contributed by atoms with van der Waals surface area (Å²) in [5, 5.41) is 0.